The molecule has 2 N–H and O–H groups in total. The number of rotatable bonds is 3. The Bertz CT molecular complexity index is 865. The Labute approximate surface area is 145 Å². The predicted octanol–water partition coefficient (Wildman–Crippen LogP) is 3.10. The first kappa shape index (κ1) is 15.4. The molecule has 0 saturated carbocycles. The lowest BCUT2D eigenvalue weighted by Crippen LogP contribution is -2.36. The highest BCUT2D eigenvalue weighted by atomic mass is 32.2. The van der Waals surface area contributed by atoms with Crippen LogP contribution >= 0.6 is 11.9 Å². The summed E-state index contributed by atoms with van der Waals surface area (Å²) in [4.78, 5) is 12.7. The molecular formula is C18H18N4OS. The van der Waals surface area contributed by atoms with Gasteiger partial charge >= 0.3 is 0 Å². The Morgan fingerprint density at radius 3 is 2.79 bits per heavy atom. The monoisotopic (exact) mass is 338 g/mol. The van der Waals surface area contributed by atoms with Crippen LogP contribution in [0.1, 0.15) is 0 Å². The summed E-state index contributed by atoms with van der Waals surface area (Å²) in [6.45, 7) is 3.26. The number of hydrogen-bond donors (Lipinski definition) is 1. The molecule has 0 bridgehead atoms. The van der Waals surface area contributed by atoms with Crippen LogP contribution in [0.4, 0.5) is 5.69 Å². The maximum atomic E-state index is 5.68. The minimum atomic E-state index is 0.749. The van der Waals surface area contributed by atoms with Gasteiger partial charge in [-0.2, -0.15) is 0 Å². The molecular weight excluding hydrogens is 320 g/mol. The van der Waals surface area contributed by atoms with Crippen LogP contribution in [-0.2, 0) is 4.74 Å². The van der Waals surface area contributed by atoms with Crippen LogP contribution < -0.4 is 10.0 Å². The summed E-state index contributed by atoms with van der Waals surface area (Å²) in [6.07, 6.45) is 1.85. The van der Waals surface area contributed by atoms with Gasteiger partial charge in [0.05, 0.1) is 30.1 Å². The molecule has 3 heterocycles. The molecule has 0 aliphatic carbocycles. The van der Waals surface area contributed by atoms with Crippen LogP contribution in [0.5, 0.6) is 0 Å². The largest absolute Gasteiger partial charge is 0.378 e. The predicted molar refractivity (Wildman–Crippen MR) is 98.1 cm³/mol. The van der Waals surface area contributed by atoms with E-state index in [0.29, 0.717) is 0 Å². The Hall–Kier alpha value is -2.15. The summed E-state index contributed by atoms with van der Waals surface area (Å²) in [7, 11) is 0. The Morgan fingerprint density at radius 1 is 1.08 bits per heavy atom. The first-order chi connectivity index (χ1) is 11.8. The fourth-order valence-electron chi connectivity index (χ4n) is 2.96. The van der Waals surface area contributed by atoms with Gasteiger partial charge in [-0.1, -0.05) is 12.1 Å². The van der Waals surface area contributed by atoms with Crippen LogP contribution in [0.25, 0.3) is 22.3 Å². The molecule has 1 aliphatic heterocycles. The zero-order valence-corrected chi connectivity index (χ0v) is 14.0. The smallest absolute Gasteiger partial charge is 0.113 e. The third-order valence-electron chi connectivity index (χ3n) is 4.18. The van der Waals surface area contributed by atoms with E-state index in [4.69, 9.17) is 14.9 Å². The zero-order valence-electron chi connectivity index (χ0n) is 13.2. The summed E-state index contributed by atoms with van der Waals surface area (Å²) >= 11 is 1.24. The van der Waals surface area contributed by atoms with Gasteiger partial charge in [-0.15, -0.1) is 0 Å². The van der Waals surface area contributed by atoms with Gasteiger partial charge in [0, 0.05) is 29.7 Å². The first-order valence-corrected chi connectivity index (χ1v) is 8.79. The van der Waals surface area contributed by atoms with Gasteiger partial charge in [0.2, 0.25) is 0 Å². The van der Waals surface area contributed by atoms with Crippen molar-refractivity contribution in [2.75, 3.05) is 31.2 Å². The van der Waals surface area contributed by atoms with Crippen molar-refractivity contribution < 1.29 is 4.74 Å². The number of morpholine rings is 1. The fraction of sp³-hybridized carbons (Fsp3) is 0.222. The van der Waals surface area contributed by atoms with Crippen molar-refractivity contribution in [1.29, 1.82) is 0 Å². The highest BCUT2D eigenvalue weighted by Gasteiger charge is 2.15. The number of hydrogen-bond acceptors (Lipinski definition) is 6. The van der Waals surface area contributed by atoms with Gasteiger partial charge in [-0.25, -0.2) is 4.98 Å². The first-order valence-electron chi connectivity index (χ1n) is 7.91. The molecule has 6 heteroatoms. The third-order valence-corrected chi connectivity index (χ3v) is 4.71. The fourth-order valence-corrected chi connectivity index (χ4v) is 3.31. The molecule has 122 valence electrons. The van der Waals surface area contributed by atoms with E-state index in [9.17, 15) is 0 Å². The summed E-state index contributed by atoms with van der Waals surface area (Å²) < 4.78 is 5.46. The Kier molecular flexibility index (Phi) is 4.34. The molecule has 24 heavy (non-hydrogen) atoms. The van der Waals surface area contributed by atoms with Crippen LogP contribution in [0.2, 0.25) is 0 Å². The van der Waals surface area contributed by atoms with E-state index >= 15 is 0 Å². The Balaban J connectivity index is 1.81. The van der Waals surface area contributed by atoms with Gasteiger partial charge in [0.1, 0.15) is 5.52 Å². The molecule has 0 radical (unpaired) electrons. The van der Waals surface area contributed by atoms with Crippen molar-refractivity contribution in [3.8, 4) is 11.3 Å². The highest BCUT2D eigenvalue weighted by Crippen LogP contribution is 2.28. The molecule has 3 aromatic rings. The van der Waals surface area contributed by atoms with E-state index in [1.807, 2.05) is 36.5 Å². The number of benzene rings is 1. The minimum absolute atomic E-state index is 0.749. The van der Waals surface area contributed by atoms with Crippen molar-refractivity contribution in [2.45, 2.75) is 4.90 Å². The average molecular weight is 338 g/mol. The molecule has 1 aromatic carbocycles. The van der Waals surface area contributed by atoms with Gasteiger partial charge in [-0.05, 0) is 42.3 Å². The molecule has 1 saturated heterocycles. The van der Waals surface area contributed by atoms with Crippen LogP contribution in [-0.4, -0.2) is 36.3 Å². The van der Waals surface area contributed by atoms with E-state index in [1.165, 1.54) is 11.9 Å². The summed E-state index contributed by atoms with van der Waals surface area (Å²) in [6, 6.07) is 14.2. The molecule has 5 nitrogen and oxygen atoms in total. The maximum absolute atomic E-state index is 5.68. The lowest BCUT2D eigenvalue weighted by molar-refractivity contribution is 0.123. The van der Waals surface area contributed by atoms with E-state index in [1.54, 1.807) is 0 Å². The molecule has 1 fully saturated rings. The van der Waals surface area contributed by atoms with E-state index in [2.05, 4.69) is 22.0 Å². The van der Waals surface area contributed by atoms with E-state index < -0.39 is 0 Å². The zero-order chi connectivity index (χ0) is 16.4. The second kappa shape index (κ2) is 6.76. The lowest BCUT2D eigenvalue weighted by atomic mass is 10.1. The SMILES string of the molecule is NSc1cccc(-c2ccc3nccc(N4CCOCC4)c3n2)c1. The normalized spacial score (nSPS) is 15.0. The second-order valence-corrected chi connectivity index (χ2v) is 6.35. The van der Waals surface area contributed by atoms with Crippen molar-refractivity contribution in [2.24, 2.45) is 5.14 Å². The van der Waals surface area contributed by atoms with E-state index in [-0.39, 0.29) is 0 Å². The number of fused-ring (bicyclic) bond motifs is 1. The summed E-state index contributed by atoms with van der Waals surface area (Å²) in [5.74, 6) is 0. The number of nitrogens with two attached hydrogens (primary N) is 1. The molecule has 1 aliphatic rings. The lowest BCUT2D eigenvalue weighted by Gasteiger charge is -2.29. The van der Waals surface area contributed by atoms with Crippen molar-refractivity contribution >= 4 is 28.7 Å². The Morgan fingerprint density at radius 2 is 1.96 bits per heavy atom. The molecule has 4 rings (SSSR count). The molecule has 0 unspecified atom stereocenters. The third kappa shape index (κ3) is 2.96. The van der Waals surface area contributed by atoms with Crippen LogP contribution in [0.3, 0.4) is 0 Å². The van der Waals surface area contributed by atoms with Crippen LogP contribution in [0, 0.1) is 0 Å². The van der Waals surface area contributed by atoms with Gasteiger partial charge in [0.15, 0.2) is 0 Å². The summed E-state index contributed by atoms with van der Waals surface area (Å²) in [5, 5.41) is 5.68. The average Bonchev–Trinajstić information content (AvgIpc) is 2.68. The van der Waals surface area contributed by atoms with Gasteiger partial charge in [-0.3, -0.25) is 10.1 Å². The van der Waals surface area contributed by atoms with Crippen molar-refractivity contribution in [3.63, 3.8) is 0 Å². The maximum Gasteiger partial charge on any atom is 0.113 e. The minimum Gasteiger partial charge on any atom is -0.378 e. The number of pyridine rings is 2. The summed E-state index contributed by atoms with van der Waals surface area (Å²) in [5.41, 5.74) is 4.95. The van der Waals surface area contributed by atoms with Crippen molar-refractivity contribution in [1.82, 2.24) is 9.97 Å². The number of nitrogens with zero attached hydrogens (tertiary/aromatic N) is 3. The second-order valence-electron chi connectivity index (χ2n) is 5.64. The highest BCUT2D eigenvalue weighted by molar-refractivity contribution is 7.97. The number of ether oxygens (including phenoxy) is 1. The molecule has 0 atom stereocenters. The number of aromatic nitrogens is 2. The van der Waals surface area contributed by atoms with Crippen molar-refractivity contribution in [3.05, 3.63) is 48.7 Å². The quantitative estimate of drug-likeness (QED) is 0.740. The van der Waals surface area contributed by atoms with Gasteiger partial charge in [0.25, 0.3) is 0 Å². The topological polar surface area (TPSA) is 64.3 Å². The van der Waals surface area contributed by atoms with Gasteiger partial charge < -0.3 is 9.64 Å². The molecule has 2 aromatic heterocycles. The standard InChI is InChI=1S/C18H18N4OS/c19-24-14-3-1-2-13(12-14)15-4-5-16-18(21-15)17(6-7-20-16)22-8-10-23-11-9-22/h1-7,12H,8-11,19H2. The van der Waals surface area contributed by atoms with Crippen LogP contribution in [0.15, 0.2) is 53.6 Å². The molecule has 0 amide bonds. The van der Waals surface area contributed by atoms with E-state index in [0.717, 1.165) is 59.2 Å². The number of anilines is 1. The molecule has 0 spiro atoms.